The number of nitrogens with one attached hydrogen (secondary N) is 1. The second kappa shape index (κ2) is 9.04. The molecule has 0 aliphatic heterocycles. The maximum absolute atomic E-state index is 12.2. The van der Waals surface area contributed by atoms with Crippen molar-refractivity contribution in [3.63, 3.8) is 0 Å². The van der Waals surface area contributed by atoms with Crippen molar-refractivity contribution < 1.29 is 18.8 Å². The molecular weight excluding hydrogens is 384 g/mol. The quantitative estimate of drug-likeness (QED) is 0.481. The summed E-state index contributed by atoms with van der Waals surface area (Å²) in [6.07, 6.45) is 1.31. The number of benzene rings is 2. The van der Waals surface area contributed by atoms with Crippen LogP contribution in [-0.4, -0.2) is 34.2 Å². The number of aromatic nitrogens is 3. The summed E-state index contributed by atoms with van der Waals surface area (Å²) in [6, 6.07) is 17.1. The van der Waals surface area contributed by atoms with Gasteiger partial charge in [-0.2, -0.15) is 4.98 Å². The Hall–Kier alpha value is -3.94. The Kier molecular flexibility index (Phi) is 5.84. The van der Waals surface area contributed by atoms with E-state index in [0.717, 1.165) is 16.9 Å². The number of carbonyl (C=O) groups is 1. The zero-order valence-corrected chi connectivity index (χ0v) is 16.4. The van der Waals surface area contributed by atoms with Crippen LogP contribution >= 0.6 is 0 Å². The van der Waals surface area contributed by atoms with Crippen molar-refractivity contribution >= 4 is 17.0 Å². The molecule has 0 atom stereocenters. The molecule has 8 nitrogen and oxygen atoms in total. The predicted octanol–water partition coefficient (Wildman–Crippen LogP) is 3.38. The molecule has 4 aromatic rings. The van der Waals surface area contributed by atoms with Crippen molar-refractivity contribution in [3.05, 3.63) is 66.5 Å². The lowest BCUT2D eigenvalue weighted by Gasteiger charge is -2.08. The molecule has 0 saturated carbocycles. The number of carbonyl (C=O) groups excluding carboxylic acids is 1. The Bertz CT molecular complexity index is 1130. The lowest BCUT2D eigenvalue weighted by Crippen LogP contribution is -2.28. The first kappa shape index (κ1) is 19.4. The Balaban J connectivity index is 1.41. The van der Waals surface area contributed by atoms with Crippen LogP contribution in [0.4, 0.5) is 0 Å². The van der Waals surface area contributed by atoms with Gasteiger partial charge < -0.3 is 19.3 Å². The second-order valence-corrected chi connectivity index (χ2v) is 6.40. The van der Waals surface area contributed by atoms with Gasteiger partial charge in [0.15, 0.2) is 6.61 Å². The first-order valence-electron chi connectivity index (χ1n) is 9.51. The number of rotatable bonds is 8. The van der Waals surface area contributed by atoms with E-state index in [4.69, 9.17) is 14.0 Å². The Morgan fingerprint density at radius 1 is 1.03 bits per heavy atom. The van der Waals surface area contributed by atoms with Crippen LogP contribution in [-0.2, 0) is 11.3 Å². The molecule has 0 bridgehead atoms. The van der Waals surface area contributed by atoms with E-state index in [9.17, 15) is 4.79 Å². The number of fused-ring (bicyclic) bond motifs is 1. The average Bonchev–Trinajstić information content (AvgIpc) is 3.23. The molecule has 0 radical (unpaired) electrons. The summed E-state index contributed by atoms with van der Waals surface area (Å²) in [5, 5.41) is 7.43. The van der Waals surface area contributed by atoms with E-state index in [0.29, 0.717) is 29.9 Å². The van der Waals surface area contributed by atoms with Crippen molar-refractivity contribution in [3.8, 4) is 22.9 Å². The van der Waals surface area contributed by atoms with Gasteiger partial charge in [-0.15, -0.1) is 0 Å². The van der Waals surface area contributed by atoms with Gasteiger partial charge >= 0.3 is 0 Å². The lowest BCUT2D eigenvalue weighted by molar-refractivity contribution is -0.123. The molecule has 0 fully saturated rings. The Morgan fingerprint density at radius 2 is 1.83 bits per heavy atom. The van der Waals surface area contributed by atoms with Crippen molar-refractivity contribution in [1.82, 2.24) is 20.4 Å². The van der Waals surface area contributed by atoms with Gasteiger partial charge in [0.25, 0.3) is 11.6 Å². The number of hydrogen-bond acceptors (Lipinski definition) is 7. The Morgan fingerprint density at radius 3 is 2.60 bits per heavy atom. The fraction of sp³-hybridized carbons (Fsp3) is 0.182. The minimum absolute atomic E-state index is 0.192. The first-order valence-corrected chi connectivity index (χ1v) is 9.51. The fourth-order valence-electron chi connectivity index (χ4n) is 2.92. The minimum atomic E-state index is -0.270. The van der Waals surface area contributed by atoms with Gasteiger partial charge in [0, 0.05) is 12.1 Å². The summed E-state index contributed by atoms with van der Waals surface area (Å²) in [6.45, 7) is 2.74. The highest BCUT2D eigenvalue weighted by Gasteiger charge is 2.18. The molecule has 8 heteroatoms. The van der Waals surface area contributed by atoms with E-state index in [-0.39, 0.29) is 18.4 Å². The summed E-state index contributed by atoms with van der Waals surface area (Å²) in [5.41, 5.74) is 2.67. The van der Waals surface area contributed by atoms with Crippen LogP contribution in [0, 0.1) is 0 Å². The molecule has 1 N–H and O–H groups in total. The maximum Gasteiger partial charge on any atom is 0.265 e. The molecule has 2 heterocycles. The number of amides is 1. The highest BCUT2D eigenvalue weighted by atomic mass is 16.5. The first-order chi connectivity index (χ1) is 14.7. The highest BCUT2D eigenvalue weighted by molar-refractivity contribution is 5.93. The van der Waals surface area contributed by atoms with E-state index >= 15 is 0 Å². The maximum atomic E-state index is 12.2. The summed E-state index contributed by atoms with van der Waals surface area (Å²) >= 11 is 0. The van der Waals surface area contributed by atoms with Gasteiger partial charge in [0.1, 0.15) is 23.2 Å². The van der Waals surface area contributed by atoms with Gasteiger partial charge in [-0.1, -0.05) is 47.6 Å². The van der Waals surface area contributed by atoms with Crippen LogP contribution in [0.2, 0.25) is 0 Å². The number of ether oxygens (including phenoxy) is 2. The second-order valence-electron chi connectivity index (χ2n) is 6.40. The van der Waals surface area contributed by atoms with Crippen LogP contribution in [0.3, 0.4) is 0 Å². The molecule has 0 aliphatic rings. The smallest absolute Gasteiger partial charge is 0.265 e. The Labute approximate surface area is 172 Å². The molecule has 152 valence electrons. The number of hydrogen-bond donors (Lipinski definition) is 1. The molecule has 0 unspecified atom stereocenters. The normalized spacial score (nSPS) is 10.7. The van der Waals surface area contributed by atoms with Crippen molar-refractivity contribution in [2.75, 3.05) is 13.2 Å². The standard InChI is InChI=1S/C22H20N4O4/c1-2-28-17-10-8-15(9-11-17)12-23-18(27)13-29-21-19-20(16-6-4-3-5-7-16)26-30-22(19)25-14-24-21/h3-11,14H,2,12-13H2,1H3,(H,23,27). The SMILES string of the molecule is CCOc1ccc(CNC(=O)COc2ncnc3onc(-c4ccccc4)c23)cc1. The average molecular weight is 404 g/mol. The van der Waals surface area contributed by atoms with Gasteiger partial charge in [0.2, 0.25) is 5.88 Å². The van der Waals surface area contributed by atoms with E-state index in [1.807, 2.05) is 61.5 Å². The lowest BCUT2D eigenvalue weighted by atomic mass is 10.1. The van der Waals surface area contributed by atoms with E-state index in [1.54, 1.807) is 0 Å². The summed E-state index contributed by atoms with van der Waals surface area (Å²) in [7, 11) is 0. The van der Waals surface area contributed by atoms with Crippen LogP contribution < -0.4 is 14.8 Å². The van der Waals surface area contributed by atoms with E-state index in [1.165, 1.54) is 6.33 Å². The molecule has 4 rings (SSSR count). The largest absolute Gasteiger partial charge is 0.494 e. The zero-order chi connectivity index (χ0) is 20.8. The van der Waals surface area contributed by atoms with Gasteiger partial charge in [-0.05, 0) is 24.6 Å². The van der Waals surface area contributed by atoms with Crippen molar-refractivity contribution in [2.45, 2.75) is 13.5 Å². The topological polar surface area (TPSA) is 99.4 Å². The van der Waals surface area contributed by atoms with Gasteiger partial charge in [-0.3, -0.25) is 4.79 Å². The van der Waals surface area contributed by atoms with Gasteiger partial charge in [0.05, 0.1) is 6.61 Å². The number of nitrogens with zero attached hydrogens (tertiary/aromatic N) is 3. The fourth-order valence-corrected chi connectivity index (χ4v) is 2.92. The summed E-state index contributed by atoms with van der Waals surface area (Å²) in [4.78, 5) is 20.5. The molecule has 2 aromatic heterocycles. The molecular formula is C22H20N4O4. The third kappa shape index (κ3) is 4.38. The third-order valence-corrected chi connectivity index (χ3v) is 4.35. The minimum Gasteiger partial charge on any atom is -0.494 e. The van der Waals surface area contributed by atoms with Crippen LogP contribution in [0.1, 0.15) is 12.5 Å². The molecule has 30 heavy (non-hydrogen) atoms. The van der Waals surface area contributed by atoms with Crippen LogP contribution in [0.5, 0.6) is 11.6 Å². The van der Waals surface area contributed by atoms with Crippen molar-refractivity contribution in [1.29, 1.82) is 0 Å². The third-order valence-electron chi connectivity index (χ3n) is 4.35. The molecule has 2 aromatic carbocycles. The molecule has 0 saturated heterocycles. The monoisotopic (exact) mass is 404 g/mol. The summed E-state index contributed by atoms with van der Waals surface area (Å²) in [5.74, 6) is 0.774. The molecule has 1 amide bonds. The highest BCUT2D eigenvalue weighted by Crippen LogP contribution is 2.32. The van der Waals surface area contributed by atoms with E-state index in [2.05, 4.69) is 20.4 Å². The van der Waals surface area contributed by atoms with E-state index < -0.39 is 0 Å². The summed E-state index contributed by atoms with van der Waals surface area (Å²) < 4.78 is 16.4. The van der Waals surface area contributed by atoms with Gasteiger partial charge in [-0.25, -0.2) is 4.98 Å². The van der Waals surface area contributed by atoms with Crippen LogP contribution in [0.25, 0.3) is 22.4 Å². The zero-order valence-electron chi connectivity index (χ0n) is 16.4. The van der Waals surface area contributed by atoms with Crippen molar-refractivity contribution in [2.24, 2.45) is 0 Å². The predicted molar refractivity (Wildman–Crippen MR) is 110 cm³/mol. The van der Waals surface area contributed by atoms with Crippen LogP contribution in [0.15, 0.2) is 65.4 Å². The molecule has 0 aliphatic carbocycles. The molecule has 0 spiro atoms.